The van der Waals surface area contributed by atoms with Crippen LogP contribution in [0.1, 0.15) is 13.3 Å². The molecule has 2 amide bonds. The Morgan fingerprint density at radius 1 is 1.21 bits per heavy atom. The van der Waals surface area contributed by atoms with E-state index >= 15 is 0 Å². The molecule has 0 aromatic carbocycles. The van der Waals surface area contributed by atoms with Crippen molar-refractivity contribution in [1.82, 2.24) is 20.4 Å². The SMILES string of the molecule is CCNC(=O)CN1CCN(C(=O)CC2CNC2)CC1. The monoisotopic (exact) mass is 268 g/mol. The molecule has 0 aliphatic carbocycles. The molecule has 19 heavy (non-hydrogen) atoms. The molecular weight excluding hydrogens is 244 g/mol. The summed E-state index contributed by atoms with van der Waals surface area (Å²) in [5.74, 6) is 0.868. The van der Waals surface area contributed by atoms with Crippen molar-refractivity contribution < 1.29 is 9.59 Å². The number of nitrogens with zero attached hydrogens (tertiary/aromatic N) is 2. The summed E-state index contributed by atoms with van der Waals surface area (Å²) in [7, 11) is 0. The molecule has 0 radical (unpaired) electrons. The number of rotatable bonds is 5. The third-order valence-electron chi connectivity index (χ3n) is 3.80. The van der Waals surface area contributed by atoms with Crippen molar-refractivity contribution in [2.75, 3.05) is 52.4 Å². The van der Waals surface area contributed by atoms with E-state index in [0.29, 0.717) is 25.4 Å². The van der Waals surface area contributed by atoms with Crippen LogP contribution in [0.15, 0.2) is 0 Å². The lowest BCUT2D eigenvalue weighted by Gasteiger charge is -2.36. The van der Waals surface area contributed by atoms with Crippen LogP contribution in [-0.2, 0) is 9.59 Å². The van der Waals surface area contributed by atoms with E-state index in [1.54, 1.807) is 0 Å². The Bertz CT molecular complexity index is 323. The third-order valence-corrected chi connectivity index (χ3v) is 3.80. The first-order valence-corrected chi connectivity index (χ1v) is 7.16. The maximum absolute atomic E-state index is 12.0. The van der Waals surface area contributed by atoms with Gasteiger partial charge in [0.2, 0.25) is 11.8 Å². The maximum Gasteiger partial charge on any atom is 0.234 e. The van der Waals surface area contributed by atoms with Gasteiger partial charge in [-0.3, -0.25) is 14.5 Å². The Balaban J connectivity index is 1.66. The van der Waals surface area contributed by atoms with Crippen LogP contribution in [0.4, 0.5) is 0 Å². The van der Waals surface area contributed by atoms with Crippen molar-refractivity contribution >= 4 is 11.8 Å². The molecule has 108 valence electrons. The van der Waals surface area contributed by atoms with Crippen molar-refractivity contribution in [1.29, 1.82) is 0 Å². The molecule has 6 nitrogen and oxygen atoms in total. The Kier molecular flexibility index (Phi) is 5.15. The zero-order valence-electron chi connectivity index (χ0n) is 11.7. The molecule has 2 rings (SSSR count). The van der Waals surface area contributed by atoms with Crippen LogP contribution in [0.25, 0.3) is 0 Å². The number of amides is 2. The minimum Gasteiger partial charge on any atom is -0.355 e. The first-order valence-electron chi connectivity index (χ1n) is 7.16. The van der Waals surface area contributed by atoms with E-state index in [1.807, 2.05) is 11.8 Å². The standard InChI is InChI=1S/C13H24N4O2/c1-2-15-12(18)10-16-3-5-17(6-4-16)13(19)7-11-8-14-9-11/h11,14H,2-10H2,1H3,(H,15,18). The zero-order chi connectivity index (χ0) is 13.7. The molecule has 0 saturated carbocycles. The Morgan fingerprint density at radius 3 is 2.42 bits per heavy atom. The second-order valence-electron chi connectivity index (χ2n) is 5.34. The first kappa shape index (κ1) is 14.3. The van der Waals surface area contributed by atoms with Gasteiger partial charge in [-0.2, -0.15) is 0 Å². The van der Waals surface area contributed by atoms with Crippen LogP contribution in [0.5, 0.6) is 0 Å². The summed E-state index contributed by atoms with van der Waals surface area (Å²) >= 11 is 0. The Labute approximate surface area is 114 Å². The second kappa shape index (κ2) is 6.86. The summed E-state index contributed by atoms with van der Waals surface area (Å²) in [5.41, 5.74) is 0. The summed E-state index contributed by atoms with van der Waals surface area (Å²) < 4.78 is 0. The number of likely N-dealkylation sites (N-methyl/N-ethyl adjacent to an activating group) is 1. The zero-order valence-corrected chi connectivity index (χ0v) is 11.7. The van der Waals surface area contributed by atoms with Crippen molar-refractivity contribution in [2.24, 2.45) is 5.92 Å². The molecule has 0 aromatic rings. The number of piperazine rings is 1. The summed E-state index contributed by atoms with van der Waals surface area (Å²) in [6.45, 7) is 8.08. The molecule has 0 bridgehead atoms. The van der Waals surface area contributed by atoms with Gasteiger partial charge < -0.3 is 15.5 Å². The fraction of sp³-hybridized carbons (Fsp3) is 0.846. The summed E-state index contributed by atoms with van der Waals surface area (Å²) in [4.78, 5) is 27.6. The average Bonchev–Trinajstić information content (AvgIpc) is 2.35. The molecular formula is C13H24N4O2. The van der Waals surface area contributed by atoms with Crippen molar-refractivity contribution in [3.8, 4) is 0 Å². The highest BCUT2D eigenvalue weighted by atomic mass is 16.2. The predicted molar refractivity (Wildman–Crippen MR) is 72.7 cm³/mol. The van der Waals surface area contributed by atoms with Crippen molar-refractivity contribution in [2.45, 2.75) is 13.3 Å². The fourth-order valence-electron chi connectivity index (χ4n) is 2.48. The first-order chi connectivity index (χ1) is 9.19. The normalized spacial score (nSPS) is 21.0. The Hall–Kier alpha value is -1.14. The molecule has 2 saturated heterocycles. The van der Waals surface area contributed by atoms with Crippen LogP contribution in [0.3, 0.4) is 0 Å². The van der Waals surface area contributed by atoms with Gasteiger partial charge in [-0.15, -0.1) is 0 Å². The van der Waals surface area contributed by atoms with Gasteiger partial charge in [0.05, 0.1) is 6.54 Å². The smallest absolute Gasteiger partial charge is 0.234 e. The minimum absolute atomic E-state index is 0.0721. The van der Waals surface area contributed by atoms with E-state index in [2.05, 4.69) is 15.5 Å². The number of carbonyl (C=O) groups excluding carboxylic acids is 2. The van der Waals surface area contributed by atoms with Crippen molar-refractivity contribution in [3.05, 3.63) is 0 Å². The van der Waals surface area contributed by atoms with E-state index in [9.17, 15) is 9.59 Å². The largest absolute Gasteiger partial charge is 0.355 e. The number of nitrogens with one attached hydrogen (secondary N) is 2. The highest BCUT2D eigenvalue weighted by Gasteiger charge is 2.26. The molecule has 0 spiro atoms. The van der Waals surface area contributed by atoms with Gasteiger partial charge in [0.15, 0.2) is 0 Å². The molecule has 0 aromatic heterocycles. The van der Waals surface area contributed by atoms with Crippen LogP contribution < -0.4 is 10.6 Å². The predicted octanol–water partition coefficient (Wildman–Crippen LogP) is -1.12. The number of hydrogen-bond donors (Lipinski definition) is 2. The van der Waals surface area contributed by atoms with Crippen LogP contribution in [-0.4, -0.2) is 74.0 Å². The highest BCUT2D eigenvalue weighted by molar-refractivity contribution is 5.78. The molecule has 2 aliphatic heterocycles. The molecule has 2 aliphatic rings. The lowest BCUT2D eigenvalue weighted by molar-refractivity contribution is -0.134. The van der Waals surface area contributed by atoms with Gasteiger partial charge >= 0.3 is 0 Å². The lowest BCUT2D eigenvalue weighted by Crippen LogP contribution is -2.52. The second-order valence-corrected chi connectivity index (χ2v) is 5.34. The molecule has 0 atom stereocenters. The van der Waals surface area contributed by atoms with Gasteiger partial charge in [-0.05, 0) is 25.9 Å². The van der Waals surface area contributed by atoms with Gasteiger partial charge in [-0.25, -0.2) is 0 Å². The van der Waals surface area contributed by atoms with E-state index < -0.39 is 0 Å². The number of carbonyl (C=O) groups is 2. The maximum atomic E-state index is 12.0. The lowest BCUT2D eigenvalue weighted by atomic mass is 9.98. The van der Waals surface area contributed by atoms with Gasteiger partial charge in [0, 0.05) is 39.1 Å². The molecule has 2 heterocycles. The van der Waals surface area contributed by atoms with E-state index in [4.69, 9.17) is 0 Å². The molecule has 6 heteroatoms. The van der Waals surface area contributed by atoms with Crippen LogP contribution >= 0.6 is 0 Å². The van der Waals surface area contributed by atoms with Gasteiger partial charge in [-0.1, -0.05) is 0 Å². The van der Waals surface area contributed by atoms with Crippen LogP contribution in [0, 0.1) is 5.92 Å². The van der Waals surface area contributed by atoms with Crippen LogP contribution in [0.2, 0.25) is 0 Å². The van der Waals surface area contributed by atoms with E-state index in [0.717, 1.165) is 39.3 Å². The highest BCUT2D eigenvalue weighted by Crippen LogP contribution is 2.12. The molecule has 0 unspecified atom stereocenters. The molecule has 2 N–H and O–H groups in total. The Morgan fingerprint density at radius 2 is 1.89 bits per heavy atom. The van der Waals surface area contributed by atoms with Gasteiger partial charge in [0.25, 0.3) is 0 Å². The summed E-state index contributed by atoms with van der Waals surface area (Å²) in [6, 6.07) is 0. The third kappa shape index (κ3) is 4.18. The number of hydrogen-bond acceptors (Lipinski definition) is 4. The van der Waals surface area contributed by atoms with E-state index in [1.165, 1.54) is 0 Å². The van der Waals surface area contributed by atoms with Crippen molar-refractivity contribution in [3.63, 3.8) is 0 Å². The molecule has 2 fully saturated rings. The average molecular weight is 268 g/mol. The van der Waals surface area contributed by atoms with E-state index in [-0.39, 0.29) is 11.8 Å². The van der Waals surface area contributed by atoms with Gasteiger partial charge in [0.1, 0.15) is 0 Å². The summed E-state index contributed by atoms with van der Waals surface area (Å²) in [6.07, 6.45) is 0.670. The topological polar surface area (TPSA) is 64.7 Å². The quantitative estimate of drug-likeness (QED) is 0.663. The fourth-order valence-corrected chi connectivity index (χ4v) is 2.48. The summed E-state index contributed by atoms with van der Waals surface area (Å²) in [5, 5.41) is 5.99. The minimum atomic E-state index is 0.0721.